The molecule has 110 valence electrons. The van der Waals surface area contributed by atoms with Gasteiger partial charge in [-0.1, -0.05) is 0 Å². The van der Waals surface area contributed by atoms with Crippen molar-refractivity contribution in [1.29, 1.82) is 0 Å². The molecule has 1 aliphatic carbocycles. The van der Waals surface area contributed by atoms with Crippen LogP contribution in [-0.4, -0.2) is 23.7 Å². The highest BCUT2D eigenvalue weighted by Crippen LogP contribution is 2.39. The molecule has 1 aliphatic rings. The van der Waals surface area contributed by atoms with E-state index in [2.05, 4.69) is 5.32 Å². The van der Waals surface area contributed by atoms with E-state index in [0.717, 1.165) is 17.7 Å². The number of halogens is 1. The summed E-state index contributed by atoms with van der Waals surface area (Å²) in [5.41, 5.74) is 5.52. The summed E-state index contributed by atoms with van der Waals surface area (Å²) in [5.74, 6) is 1.01. The van der Waals surface area contributed by atoms with Crippen molar-refractivity contribution in [3.05, 3.63) is 30.1 Å². The molecule has 0 aliphatic heterocycles. The third-order valence-electron chi connectivity index (χ3n) is 3.74. The highest BCUT2D eigenvalue weighted by atomic mass is 32.2. The third kappa shape index (κ3) is 4.21. The van der Waals surface area contributed by atoms with Gasteiger partial charge in [0.05, 0.1) is 5.54 Å². The first-order chi connectivity index (χ1) is 9.53. The lowest BCUT2D eigenvalue weighted by Crippen LogP contribution is -2.53. The fourth-order valence-electron chi connectivity index (χ4n) is 2.21. The summed E-state index contributed by atoms with van der Waals surface area (Å²) >= 11 is 1.56. The lowest BCUT2D eigenvalue weighted by molar-refractivity contribution is -0.122. The van der Waals surface area contributed by atoms with Crippen molar-refractivity contribution < 1.29 is 9.18 Å². The van der Waals surface area contributed by atoms with E-state index in [9.17, 15) is 9.18 Å². The zero-order chi connectivity index (χ0) is 14.6. The van der Waals surface area contributed by atoms with E-state index in [1.54, 1.807) is 23.9 Å². The molecule has 0 radical (unpaired) electrons. The van der Waals surface area contributed by atoms with Crippen molar-refractivity contribution >= 4 is 17.7 Å². The second kappa shape index (κ2) is 6.59. The predicted octanol–water partition coefficient (Wildman–Crippen LogP) is 2.55. The van der Waals surface area contributed by atoms with Gasteiger partial charge in [-0.05, 0) is 49.9 Å². The molecule has 3 nitrogen and oxygen atoms in total. The molecule has 1 fully saturated rings. The summed E-state index contributed by atoms with van der Waals surface area (Å²) in [7, 11) is 0. The van der Waals surface area contributed by atoms with Gasteiger partial charge >= 0.3 is 0 Å². The Bertz CT molecular complexity index is 461. The molecule has 1 amide bonds. The van der Waals surface area contributed by atoms with E-state index in [4.69, 9.17) is 5.73 Å². The smallest absolute Gasteiger partial charge is 0.221 e. The summed E-state index contributed by atoms with van der Waals surface area (Å²) < 4.78 is 12.8. The molecule has 0 bridgehead atoms. The standard InChI is InChI=1S/C15H21FN2OS/c1-15(10-17,11-2-3-11)18-14(19)8-9-20-13-6-4-12(16)5-7-13/h4-7,11H,2-3,8-10,17H2,1H3,(H,18,19). The van der Waals surface area contributed by atoms with Crippen LogP contribution in [0.3, 0.4) is 0 Å². The largest absolute Gasteiger partial charge is 0.349 e. The summed E-state index contributed by atoms with van der Waals surface area (Å²) in [5, 5.41) is 3.06. The van der Waals surface area contributed by atoms with E-state index >= 15 is 0 Å². The van der Waals surface area contributed by atoms with Gasteiger partial charge in [-0.2, -0.15) is 0 Å². The number of nitrogens with one attached hydrogen (secondary N) is 1. The first-order valence-corrected chi connectivity index (χ1v) is 7.91. The third-order valence-corrected chi connectivity index (χ3v) is 4.75. The minimum Gasteiger partial charge on any atom is -0.349 e. The Kier molecular flexibility index (Phi) is 5.05. The molecule has 2 rings (SSSR count). The van der Waals surface area contributed by atoms with Crippen LogP contribution in [0.25, 0.3) is 0 Å². The second-order valence-corrected chi connectivity index (χ2v) is 6.66. The monoisotopic (exact) mass is 296 g/mol. The molecule has 1 saturated carbocycles. The average Bonchev–Trinajstić information content (AvgIpc) is 3.25. The first kappa shape index (κ1) is 15.3. The molecule has 0 aromatic heterocycles. The molecule has 20 heavy (non-hydrogen) atoms. The number of carbonyl (C=O) groups excluding carboxylic acids is 1. The molecular formula is C15H21FN2OS. The number of nitrogens with two attached hydrogens (primary N) is 1. The maximum Gasteiger partial charge on any atom is 0.221 e. The van der Waals surface area contributed by atoms with Crippen molar-refractivity contribution in [3.63, 3.8) is 0 Å². The van der Waals surface area contributed by atoms with E-state index in [-0.39, 0.29) is 17.3 Å². The van der Waals surface area contributed by atoms with Crippen molar-refractivity contribution in [1.82, 2.24) is 5.32 Å². The van der Waals surface area contributed by atoms with E-state index in [1.165, 1.54) is 12.1 Å². The Hall–Kier alpha value is -1.07. The Balaban J connectivity index is 1.73. The molecular weight excluding hydrogens is 275 g/mol. The minimum atomic E-state index is -0.252. The molecule has 3 N–H and O–H groups in total. The van der Waals surface area contributed by atoms with Crippen LogP contribution in [0.4, 0.5) is 4.39 Å². The van der Waals surface area contributed by atoms with Gasteiger partial charge in [0.15, 0.2) is 0 Å². The van der Waals surface area contributed by atoms with Crippen LogP contribution in [0.15, 0.2) is 29.2 Å². The van der Waals surface area contributed by atoms with Gasteiger partial charge in [-0.25, -0.2) is 4.39 Å². The number of rotatable bonds is 7. The lowest BCUT2D eigenvalue weighted by Gasteiger charge is -2.29. The summed E-state index contributed by atoms with van der Waals surface area (Å²) in [6.45, 7) is 2.50. The fraction of sp³-hybridized carbons (Fsp3) is 0.533. The quantitative estimate of drug-likeness (QED) is 0.760. The molecule has 1 atom stereocenters. The van der Waals surface area contributed by atoms with Crippen LogP contribution in [0.2, 0.25) is 0 Å². The van der Waals surface area contributed by atoms with Crippen LogP contribution in [0.1, 0.15) is 26.2 Å². The van der Waals surface area contributed by atoms with E-state index < -0.39 is 0 Å². The minimum absolute atomic E-state index is 0.0412. The Morgan fingerprint density at radius 1 is 1.45 bits per heavy atom. The molecule has 0 spiro atoms. The molecule has 1 aromatic carbocycles. The van der Waals surface area contributed by atoms with Crippen LogP contribution < -0.4 is 11.1 Å². The first-order valence-electron chi connectivity index (χ1n) is 6.93. The maximum atomic E-state index is 12.8. The van der Waals surface area contributed by atoms with Gasteiger partial charge in [0.2, 0.25) is 5.91 Å². The van der Waals surface area contributed by atoms with Crippen LogP contribution >= 0.6 is 11.8 Å². The average molecular weight is 296 g/mol. The molecule has 1 unspecified atom stereocenters. The number of benzene rings is 1. The highest BCUT2D eigenvalue weighted by Gasteiger charge is 2.41. The van der Waals surface area contributed by atoms with Crippen molar-refractivity contribution in [2.24, 2.45) is 11.7 Å². The van der Waals surface area contributed by atoms with E-state index in [0.29, 0.717) is 24.6 Å². The SMILES string of the molecule is CC(CN)(NC(=O)CCSc1ccc(F)cc1)C1CC1. The molecule has 5 heteroatoms. The van der Waals surface area contributed by atoms with E-state index in [1.807, 2.05) is 6.92 Å². The van der Waals surface area contributed by atoms with Gasteiger partial charge < -0.3 is 11.1 Å². The van der Waals surface area contributed by atoms with Gasteiger partial charge in [0.1, 0.15) is 5.82 Å². The van der Waals surface area contributed by atoms with Crippen molar-refractivity contribution in [3.8, 4) is 0 Å². The zero-order valence-electron chi connectivity index (χ0n) is 11.7. The number of amides is 1. The Morgan fingerprint density at radius 2 is 2.10 bits per heavy atom. The van der Waals surface area contributed by atoms with Gasteiger partial charge in [-0.15, -0.1) is 11.8 Å². The molecule has 1 aromatic rings. The predicted molar refractivity (Wildman–Crippen MR) is 80.1 cm³/mol. The zero-order valence-corrected chi connectivity index (χ0v) is 12.5. The number of hydrogen-bond acceptors (Lipinski definition) is 3. The van der Waals surface area contributed by atoms with Gasteiger partial charge in [0.25, 0.3) is 0 Å². The lowest BCUT2D eigenvalue weighted by atomic mass is 9.96. The molecule has 0 saturated heterocycles. The number of hydrogen-bond donors (Lipinski definition) is 2. The fourth-order valence-corrected chi connectivity index (χ4v) is 3.07. The normalized spacial score (nSPS) is 17.6. The van der Waals surface area contributed by atoms with Crippen LogP contribution in [0.5, 0.6) is 0 Å². The van der Waals surface area contributed by atoms with Gasteiger partial charge in [-0.3, -0.25) is 4.79 Å². The highest BCUT2D eigenvalue weighted by molar-refractivity contribution is 7.99. The summed E-state index contributed by atoms with van der Waals surface area (Å²) in [6.07, 6.45) is 2.75. The number of thioether (sulfide) groups is 1. The topological polar surface area (TPSA) is 55.1 Å². The van der Waals surface area contributed by atoms with Crippen LogP contribution in [-0.2, 0) is 4.79 Å². The number of carbonyl (C=O) groups is 1. The van der Waals surface area contributed by atoms with Crippen molar-refractivity contribution in [2.75, 3.05) is 12.3 Å². The Labute approximate surface area is 123 Å². The Morgan fingerprint density at radius 3 is 2.65 bits per heavy atom. The summed E-state index contributed by atoms with van der Waals surface area (Å²) in [6, 6.07) is 6.32. The maximum absolute atomic E-state index is 12.8. The van der Waals surface area contributed by atoms with Gasteiger partial charge in [0, 0.05) is 23.6 Å². The van der Waals surface area contributed by atoms with Crippen molar-refractivity contribution in [2.45, 2.75) is 36.6 Å². The second-order valence-electron chi connectivity index (χ2n) is 5.50. The van der Waals surface area contributed by atoms with Crippen LogP contribution in [0, 0.1) is 11.7 Å². The molecule has 0 heterocycles. The summed E-state index contributed by atoms with van der Waals surface area (Å²) in [4.78, 5) is 12.9.